The van der Waals surface area contributed by atoms with Gasteiger partial charge in [-0.3, -0.25) is 10.3 Å². The van der Waals surface area contributed by atoms with Crippen LogP contribution in [0.3, 0.4) is 0 Å². The Hall–Kier alpha value is -4.52. The molecular weight excluding hydrogens is 434 g/mol. The Kier molecular flexibility index (Phi) is 5.97. The predicted octanol–water partition coefficient (Wildman–Crippen LogP) is 5.35. The van der Waals surface area contributed by atoms with E-state index in [0.717, 1.165) is 52.3 Å². The van der Waals surface area contributed by atoms with Crippen molar-refractivity contribution in [2.75, 3.05) is 22.5 Å². The Morgan fingerprint density at radius 3 is 2.83 bits per heavy atom. The molecule has 174 valence electrons. The van der Waals surface area contributed by atoms with E-state index < -0.39 is 0 Å². The minimum absolute atomic E-state index is 0.285. The summed E-state index contributed by atoms with van der Waals surface area (Å²) in [6.45, 7) is 6.87. The van der Waals surface area contributed by atoms with Crippen LogP contribution in [0.1, 0.15) is 35.1 Å². The molecule has 0 fully saturated rings. The molecule has 0 radical (unpaired) electrons. The quantitative estimate of drug-likeness (QED) is 0.428. The number of nitrogens with zero attached hydrogens (tertiary/aromatic N) is 4. The van der Waals surface area contributed by atoms with Crippen molar-refractivity contribution in [1.29, 1.82) is 5.41 Å². The number of hydrogen-bond donors (Lipinski definition) is 3. The van der Waals surface area contributed by atoms with E-state index in [0.29, 0.717) is 23.6 Å². The first-order chi connectivity index (χ1) is 17.0. The molecule has 7 nitrogen and oxygen atoms in total. The zero-order valence-corrected chi connectivity index (χ0v) is 19.6. The predicted molar refractivity (Wildman–Crippen MR) is 143 cm³/mol. The van der Waals surface area contributed by atoms with Crippen LogP contribution in [-0.4, -0.2) is 27.2 Å². The van der Waals surface area contributed by atoms with Crippen LogP contribution in [0.5, 0.6) is 0 Å². The molecule has 0 atom stereocenters. The van der Waals surface area contributed by atoms with E-state index in [9.17, 15) is 0 Å². The van der Waals surface area contributed by atoms with Gasteiger partial charge >= 0.3 is 0 Å². The average molecular weight is 462 g/mol. The smallest absolute Gasteiger partial charge is 0.141 e. The summed E-state index contributed by atoms with van der Waals surface area (Å²) in [5.41, 5.74) is 13.0. The molecule has 0 spiro atoms. The molecule has 0 bridgehead atoms. The fraction of sp³-hybridized carbons (Fsp3) is 0.143. The number of hydrogen-bond acceptors (Lipinski definition) is 7. The molecule has 1 aromatic carbocycles. The van der Waals surface area contributed by atoms with Gasteiger partial charge in [0.2, 0.25) is 0 Å². The molecule has 4 N–H and O–H groups in total. The number of pyridine rings is 1. The Labute approximate surface area is 205 Å². The standard InChI is InChI=1S/C28H27N7/c1-18-9-8-14-31-28(18)35-19(2)23-13-7-6-12-21(23)15-22(35)16-32-27-24(26(30)33-17-34-27)25(29)20-10-4-3-5-11-20/h3-4,6-10,12-15,17,29H,2,5,11,16H2,1H3,(H3,30,32,33,34). The molecule has 35 heavy (non-hydrogen) atoms. The van der Waals surface area contributed by atoms with Gasteiger partial charge in [-0.1, -0.05) is 55.1 Å². The van der Waals surface area contributed by atoms with Gasteiger partial charge in [0, 0.05) is 23.2 Å². The van der Waals surface area contributed by atoms with Crippen LogP contribution >= 0.6 is 0 Å². The van der Waals surface area contributed by atoms with Gasteiger partial charge in [-0.2, -0.15) is 0 Å². The minimum atomic E-state index is 0.285. The summed E-state index contributed by atoms with van der Waals surface area (Å²) in [6, 6.07) is 12.2. The third kappa shape index (κ3) is 4.24. The topological polar surface area (TPSA) is 104 Å². The van der Waals surface area contributed by atoms with Gasteiger partial charge in [-0.15, -0.1) is 0 Å². The highest BCUT2D eigenvalue weighted by Crippen LogP contribution is 2.37. The second kappa shape index (κ2) is 9.38. The summed E-state index contributed by atoms with van der Waals surface area (Å²) in [5.74, 6) is 1.64. The fourth-order valence-electron chi connectivity index (χ4n) is 4.45. The first kappa shape index (κ1) is 22.3. The number of allylic oxidation sites excluding steroid dienone is 4. The molecule has 0 saturated heterocycles. The number of benzene rings is 1. The van der Waals surface area contributed by atoms with Gasteiger partial charge in [0.05, 0.1) is 17.8 Å². The second-order valence-electron chi connectivity index (χ2n) is 8.52. The summed E-state index contributed by atoms with van der Waals surface area (Å²) in [5, 5.41) is 12.2. The number of nitrogens with two attached hydrogens (primary N) is 1. The average Bonchev–Trinajstić information content (AvgIpc) is 2.88. The number of anilines is 3. The highest BCUT2D eigenvalue weighted by Gasteiger charge is 2.26. The summed E-state index contributed by atoms with van der Waals surface area (Å²) in [4.78, 5) is 15.3. The van der Waals surface area contributed by atoms with E-state index in [1.165, 1.54) is 6.33 Å². The van der Waals surface area contributed by atoms with E-state index in [1.54, 1.807) is 6.20 Å². The van der Waals surface area contributed by atoms with Gasteiger partial charge in [0.25, 0.3) is 0 Å². The van der Waals surface area contributed by atoms with Gasteiger partial charge < -0.3 is 11.1 Å². The molecule has 7 heteroatoms. The van der Waals surface area contributed by atoms with E-state index in [1.807, 2.05) is 43.3 Å². The van der Waals surface area contributed by atoms with Crippen molar-refractivity contribution in [3.05, 3.63) is 107 Å². The zero-order chi connectivity index (χ0) is 24.4. The zero-order valence-electron chi connectivity index (χ0n) is 19.6. The molecule has 2 aromatic heterocycles. The van der Waals surface area contributed by atoms with Gasteiger partial charge in [-0.25, -0.2) is 15.0 Å². The van der Waals surface area contributed by atoms with Crippen LogP contribution in [0.25, 0.3) is 11.8 Å². The molecule has 5 rings (SSSR count). The van der Waals surface area contributed by atoms with Crippen LogP contribution in [0.2, 0.25) is 0 Å². The summed E-state index contributed by atoms with van der Waals surface area (Å²) in [6.07, 6.45) is 13.1. The SMILES string of the molecule is C=C1c2ccccc2C=C(CNc2ncnc(N)c2C(=N)C2=CC=CCC2)N1c1ncccc1C. The number of fused-ring (bicyclic) bond motifs is 1. The Balaban J connectivity index is 1.51. The molecule has 2 aliphatic rings. The van der Waals surface area contributed by atoms with E-state index in [-0.39, 0.29) is 5.82 Å². The highest BCUT2D eigenvalue weighted by molar-refractivity contribution is 6.16. The number of nitrogen functional groups attached to an aromatic ring is 1. The fourth-order valence-corrected chi connectivity index (χ4v) is 4.45. The maximum Gasteiger partial charge on any atom is 0.141 e. The Morgan fingerprint density at radius 2 is 2.03 bits per heavy atom. The van der Waals surface area contributed by atoms with Gasteiger partial charge in [0.15, 0.2) is 0 Å². The van der Waals surface area contributed by atoms with Crippen LogP contribution < -0.4 is 16.0 Å². The molecule has 1 aliphatic carbocycles. The van der Waals surface area contributed by atoms with Crippen molar-refractivity contribution in [2.24, 2.45) is 0 Å². The van der Waals surface area contributed by atoms with E-state index in [4.69, 9.17) is 11.1 Å². The molecule has 0 saturated carbocycles. The third-order valence-corrected chi connectivity index (χ3v) is 6.24. The van der Waals surface area contributed by atoms with Gasteiger partial charge in [0.1, 0.15) is 23.8 Å². The number of nitrogens with one attached hydrogen (secondary N) is 2. The van der Waals surface area contributed by atoms with Crippen LogP contribution in [0.4, 0.5) is 17.5 Å². The second-order valence-corrected chi connectivity index (χ2v) is 8.52. The lowest BCUT2D eigenvalue weighted by atomic mass is 9.95. The molecule has 0 unspecified atom stereocenters. The maximum absolute atomic E-state index is 8.81. The van der Waals surface area contributed by atoms with E-state index in [2.05, 4.69) is 56.0 Å². The Bertz CT molecular complexity index is 1410. The van der Waals surface area contributed by atoms with Crippen LogP contribution in [0.15, 0.2) is 85.0 Å². The third-order valence-electron chi connectivity index (χ3n) is 6.24. The first-order valence-electron chi connectivity index (χ1n) is 11.5. The number of aryl methyl sites for hydroxylation is 1. The van der Waals surface area contributed by atoms with Crippen molar-refractivity contribution < 1.29 is 0 Å². The lowest BCUT2D eigenvalue weighted by Crippen LogP contribution is -2.30. The summed E-state index contributed by atoms with van der Waals surface area (Å²) in [7, 11) is 0. The lowest BCUT2D eigenvalue weighted by Gasteiger charge is -2.34. The minimum Gasteiger partial charge on any atom is -0.383 e. The maximum atomic E-state index is 8.81. The van der Waals surface area contributed by atoms with Crippen molar-refractivity contribution in [2.45, 2.75) is 19.8 Å². The summed E-state index contributed by atoms with van der Waals surface area (Å²) >= 11 is 0. The summed E-state index contributed by atoms with van der Waals surface area (Å²) < 4.78 is 0. The van der Waals surface area contributed by atoms with Crippen molar-refractivity contribution in [3.63, 3.8) is 0 Å². The molecular formula is C28H27N7. The molecule has 3 aromatic rings. The first-order valence-corrected chi connectivity index (χ1v) is 11.5. The highest BCUT2D eigenvalue weighted by atomic mass is 15.2. The van der Waals surface area contributed by atoms with E-state index >= 15 is 0 Å². The normalized spacial score (nSPS) is 14.8. The van der Waals surface area contributed by atoms with Crippen molar-refractivity contribution >= 4 is 34.9 Å². The Morgan fingerprint density at radius 1 is 1.17 bits per heavy atom. The lowest BCUT2D eigenvalue weighted by molar-refractivity contribution is 0.997. The van der Waals surface area contributed by atoms with Crippen molar-refractivity contribution in [1.82, 2.24) is 15.0 Å². The number of aromatic nitrogens is 3. The number of rotatable bonds is 6. The molecule has 3 heterocycles. The van der Waals surface area contributed by atoms with Crippen molar-refractivity contribution in [3.8, 4) is 0 Å². The molecule has 0 amide bonds. The van der Waals surface area contributed by atoms with Crippen LogP contribution in [-0.2, 0) is 0 Å². The monoisotopic (exact) mass is 461 g/mol. The molecule has 1 aliphatic heterocycles. The van der Waals surface area contributed by atoms with Gasteiger partial charge in [-0.05, 0) is 48.6 Å². The van der Waals surface area contributed by atoms with Crippen LogP contribution in [0, 0.1) is 12.3 Å². The largest absolute Gasteiger partial charge is 0.383 e.